The number of nitrogens with zero attached hydrogens (tertiary/aromatic N) is 5. The van der Waals surface area contributed by atoms with Crippen molar-refractivity contribution in [2.75, 3.05) is 19.6 Å². The van der Waals surface area contributed by atoms with Gasteiger partial charge in [-0.2, -0.15) is 0 Å². The van der Waals surface area contributed by atoms with Crippen LogP contribution >= 0.6 is 11.3 Å². The molecule has 0 atom stereocenters. The molecule has 2 amide bonds. The number of aromatic nitrogens is 3. The minimum absolute atomic E-state index is 0.0210. The summed E-state index contributed by atoms with van der Waals surface area (Å²) < 4.78 is 1.81. The Morgan fingerprint density at radius 1 is 1.40 bits per heavy atom. The third kappa shape index (κ3) is 3.48. The van der Waals surface area contributed by atoms with Gasteiger partial charge in [0.2, 0.25) is 11.8 Å². The highest BCUT2D eigenvalue weighted by Gasteiger charge is 2.32. The van der Waals surface area contributed by atoms with Crippen LogP contribution in [0.2, 0.25) is 0 Å². The molecule has 2 fully saturated rings. The molecule has 0 spiro atoms. The van der Waals surface area contributed by atoms with E-state index >= 15 is 0 Å². The third-order valence-corrected chi connectivity index (χ3v) is 5.40. The maximum Gasteiger partial charge on any atom is 0.246 e. The van der Waals surface area contributed by atoms with E-state index in [0.717, 1.165) is 23.5 Å². The predicted octanol–water partition coefficient (Wildman–Crippen LogP) is 1.56. The fraction of sp³-hybridized carbons (Fsp3) is 0.412. The summed E-state index contributed by atoms with van der Waals surface area (Å²) >= 11 is 1.61. The van der Waals surface area contributed by atoms with Gasteiger partial charge in [-0.05, 0) is 23.9 Å². The molecule has 2 aliphatic rings. The molecular formula is C17H19N5O2S. The van der Waals surface area contributed by atoms with Gasteiger partial charge < -0.3 is 9.80 Å². The number of rotatable bonds is 5. The second kappa shape index (κ2) is 6.79. The van der Waals surface area contributed by atoms with Crippen LogP contribution in [0.4, 0.5) is 0 Å². The molecule has 0 radical (unpaired) electrons. The summed E-state index contributed by atoms with van der Waals surface area (Å²) in [6.07, 6.45) is 6.91. The quantitative estimate of drug-likeness (QED) is 0.762. The maximum atomic E-state index is 12.1. The topological polar surface area (TPSA) is 71.3 Å². The summed E-state index contributed by atoms with van der Waals surface area (Å²) in [6.45, 7) is 2.60. The van der Waals surface area contributed by atoms with Gasteiger partial charge in [0, 0.05) is 37.0 Å². The van der Waals surface area contributed by atoms with Gasteiger partial charge in [0.25, 0.3) is 0 Å². The van der Waals surface area contributed by atoms with Crippen LogP contribution in [-0.2, 0) is 16.1 Å². The minimum atomic E-state index is 0.0210. The largest absolute Gasteiger partial charge is 0.337 e. The molecule has 0 saturated carbocycles. The summed E-state index contributed by atoms with van der Waals surface area (Å²) in [4.78, 5) is 28.5. The summed E-state index contributed by atoms with van der Waals surface area (Å²) in [5.41, 5.74) is 0.803. The van der Waals surface area contributed by atoms with Gasteiger partial charge in [-0.1, -0.05) is 11.3 Å². The molecular weight excluding hydrogens is 338 g/mol. The first kappa shape index (κ1) is 16.0. The van der Waals surface area contributed by atoms with Crippen LogP contribution in [0, 0.1) is 0 Å². The normalized spacial score (nSPS) is 18.3. The Morgan fingerprint density at radius 3 is 3.00 bits per heavy atom. The van der Waals surface area contributed by atoms with Crippen molar-refractivity contribution < 1.29 is 9.59 Å². The second-order valence-corrected chi connectivity index (χ2v) is 7.33. The third-order valence-electron chi connectivity index (χ3n) is 4.56. The Bertz CT molecular complexity index is 792. The van der Waals surface area contributed by atoms with Crippen molar-refractivity contribution in [3.8, 4) is 0 Å². The smallest absolute Gasteiger partial charge is 0.246 e. The molecule has 130 valence electrons. The lowest BCUT2D eigenvalue weighted by molar-refractivity contribution is -0.131. The average molecular weight is 357 g/mol. The molecule has 0 aliphatic carbocycles. The van der Waals surface area contributed by atoms with Crippen molar-refractivity contribution in [1.82, 2.24) is 24.8 Å². The van der Waals surface area contributed by atoms with Crippen LogP contribution in [0.3, 0.4) is 0 Å². The molecule has 2 aliphatic heterocycles. The number of hydrogen-bond acceptors (Lipinski definition) is 5. The summed E-state index contributed by atoms with van der Waals surface area (Å²) in [6, 6.07) is 4.11. The van der Waals surface area contributed by atoms with Gasteiger partial charge in [-0.25, -0.2) is 4.68 Å². The molecule has 2 saturated heterocycles. The molecule has 2 aromatic rings. The van der Waals surface area contributed by atoms with Crippen LogP contribution in [0.15, 0.2) is 29.8 Å². The van der Waals surface area contributed by atoms with E-state index in [1.807, 2.05) is 39.4 Å². The Morgan fingerprint density at radius 2 is 2.28 bits per heavy atom. The van der Waals surface area contributed by atoms with E-state index in [-0.39, 0.29) is 17.9 Å². The standard InChI is InChI=1S/C17H19N5O2S/c23-16-4-1-7-20(16)9-13-10-22(19-18-13)14-11-21(12-14)17(24)6-5-15-3-2-8-25-15/h2-3,5-6,8,10,14H,1,4,7,9,11-12H2. The zero-order valence-corrected chi connectivity index (χ0v) is 14.6. The van der Waals surface area contributed by atoms with E-state index in [2.05, 4.69) is 10.3 Å². The number of hydrogen-bond donors (Lipinski definition) is 0. The van der Waals surface area contributed by atoms with Crippen molar-refractivity contribution in [1.29, 1.82) is 0 Å². The molecule has 7 nitrogen and oxygen atoms in total. The molecule has 4 rings (SSSR count). The predicted molar refractivity (Wildman–Crippen MR) is 93.6 cm³/mol. The fourth-order valence-electron chi connectivity index (χ4n) is 3.08. The summed E-state index contributed by atoms with van der Waals surface area (Å²) in [7, 11) is 0. The molecule has 0 unspecified atom stereocenters. The molecule has 0 bridgehead atoms. The van der Waals surface area contributed by atoms with Crippen molar-refractivity contribution in [2.24, 2.45) is 0 Å². The van der Waals surface area contributed by atoms with Crippen molar-refractivity contribution in [3.05, 3.63) is 40.4 Å². The molecule has 25 heavy (non-hydrogen) atoms. The van der Waals surface area contributed by atoms with Crippen LogP contribution in [0.25, 0.3) is 6.08 Å². The van der Waals surface area contributed by atoms with Gasteiger partial charge in [0.1, 0.15) is 5.69 Å². The Balaban J connectivity index is 1.29. The first-order chi connectivity index (χ1) is 12.2. The van der Waals surface area contributed by atoms with Crippen LogP contribution in [0.5, 0.6) is 0 Å². The first-order valence-corrected chi connectivity index (χ1v) is 9.26. The van der Waals surface area contributed by atoms with E-state index in [0.29, 0.717) is 26.1 Å². The fourth-order valence-corrected chi connectivity index (χ4v) is 3.70. The van der Waals surface area contributed by atoms with E-state index in [1.165, 1.54) is 0 Å². The van der Waals surface area contributed by atoms with Gasteiger partial charge in [0.15, 0.2) is 0 Å². The number of likely N-dealkylation sites (tertiary alicyclic amines) is 2. The zero-order chi connectivity index (χ0) is 17.2. The van der Waals surface area contributed by atoms with Crippen LogP contribution in [0.1, 0.15) is 29.5 Å². The Labute approximate surface area is 149 Å². The minimum Gasteiger partial charge on any atom is -0.337 e. The Kier molecular flexibility index (Phi) is 4.35. The maximum absolute atomic E-state index is 12.1. The van der Waals surface area contributed by atoms with Gasteiger partial charge >= 0.3 is 0 Å². The monoisotopic (exact) mass is 357 g/mol. The van der Waals surface area contributed by atoms with E-state index in [1.54, 1.807) is 22.3 Å². The lowest BCUT2D eigenvalue weighted by atomic mass is 10.1. The number of carbonyl (C=O) groups is 2. The average Bonchev–Trinajstić information content (AvgIpc) is 3.28. The molecule has 8 heteroatoms. The van der Waals surface area contributed by atoms with Gasteiger partial charge in [-0.3, -0.25) is 9.59 Å². The van der Waals surface area contributed by atoms with Crippen LogP contribution < -0.4 is 0 Å². The number of amides is 2. The van der Waals surface area contributed by atoms with Crippen LogP contribution in [-0.4, -0.2) is 56.2 Å². The van der Waals surface area contributed by atoms with E-state index < -0.39 is 0 Å². The van der Waals surface area contributed by atoms with E-state index in [9.17, 15) is 9.59 Å². The van der Waals surface area contributed by atoms with Gasteiger partial charge in [0.05, 0.1) is 18.8 Å². The lowest BCUT2D eigenvalue weighted by Gasteiger charge is -2.38. The van der Waals surface area contributed by atoms with Gasteiger partial charge in [-0.15, -0.1) is 16.4 Å². The van der Waals surface area contributed by atoms with Crippen molar-refractivity contribution >= 4 is 29.2 Å². The second-order valence-electron chi connectivity index (χ2n) is 6.35. The highest BCUT2D eigenvalue weighted by molar-refractivity contribution is 7.10. The first-order valence-electron chi connectivity index (χ1n) is 8.38. The lowest BCUT2D eigenvalue weighted by Crippen LogP contribution is -2.50. The SMILES string of the molecule is O=C(C=Cc1cccs1)N1CC(n2cc(CN3CCCC3=O)nn2)C1. The molecule has 2 aromatic heterocycles. The van der Waals surface area contributed by atoms with Crippen molar-refractivity contribution in [2.45, 2.75) is 25.4 Å². The number of carbonyl (C=O) groups excluding carboxylic acids is 2. The summed E-state index contributed by atoms with van der Waals surface area (Å²) in [5.74, 6) is 0.208. The summed E-state index contributed by atoms with van der Waals surface area (Å²) in [5, 5.41) is 10.3. The highest BCUT2D eigenvalue weighted by Crippen LogP contribution is 2.22. The van der Waals surface area contributed by atoms with Crippen molar-refractivity contribution in [3.63, 3.8) is 0 Å². The van der Waals surface area contributed by atoms with E-state index in [4.69, 9.17) is 0 Å². The highest BCUT2D eigenvalue weighted by atomic mass is 32.1. The number of thiophene rings is 1. The molecule has 0 N–H and O–H groups in total. The molecule has 4 heterocycles. The molecule has 0 aromatic carbocycles. The zero-order valence-electron chi connectivity index (χ0n) is 13.7. The Hall–Kier alpha value is -2.48.